The van der Waals surface area contributed by atoms with Crippen LogP contribution in [0.5, 0.6) is 5.75 Å². The Morgan fingerprint density at radius 3 is 2.32 bits per heavy atom. The summed E-state index contributed by atoms with van der Waals surface area (Å²) in [4.78, 5) is 12.5. The summed E-state index contributed by atoms with van der Waals surface area (Å²) in [6.45, 7) is 1.92. The molecule has 0 aliphatic carbocycles. The zero-order chi connectivity index (χ0) is 20.1. The van der Waals surface area contributed by atoms with E-state index in [0.717, 1.165) is 5.56 Å². The summed E-state index contributed by atoms with van der Waals surface area (Å²) in [5.74, 6) is 0.192. The van der Waals surface area contributed by atoms with Gasteiger partial charge in [0.15, 0.2) is 0 Å². The summed E-state index contributed by atoms with van der Waals surface area (Å²) in [7, 11) is -2.28. The number of sulfonamides is 1. The van der Waals surface area contributed by atoms with Crippen molar-refractivity contribution in [2.45, 2.75) is 11.8 Å². The van der Waals surface area contributed by atoms with Gasteiger partial charge in [-0.2, -0.15) is 0 Å². The van der Waals surface area contributed by atoms with E-state index in [9.17, 15) is 13.2 Å². The first kappa shape index (κ1) is 19.4. The van der Waals surface area contributed by atoms with Crippen LogP contribution in [0.3, 0.4) is 0 Å². The highest BCUT2D eigenvalue weighted by Crippen LogP contribution is 2.20. The Labute approximate surface area is 164 Å². The van der Waals surface area contributed by atoms with E-state index in [4.69, 9.17) is 4.74 Å². The minimum Gasteiger partial charge on any atom is -0.497 e. The Balaban J connectivity index is 1.80. The first-order valence-electron chi connectivity index (χ1n) is 8.52. The van der Waals surface area contributed by atoms with E-state index in [0.29, 0.717) is 17.1 Å². The van der Waals surface area contributed by atoms with E-state index in [1.807, 2.05) is 19.1 Å². The van der Waals surface area contributed by atoms with E-state index in [1.165, 1.54) is 25.3 Å². The molecule has 3 aromatic carbocycles. The fraction of sp³-hybridized carbons (Fsp3) is 0.0952. The third-order valence-electron chi connectivity index (χ3n) is 4.04. The average molecular weight is 396 g/mol. The minimum atomic E-state index is -3.82. The molecular weight excluding hydrogens is 376 g/mol. The van der Waals surface area contributed by atoms with Gasteiger partial charge in [0.05, 0.1) is 12.0 Å². The van der Waals surface area contributed by atoms with Gasteiger partial charge in [0.25, 0.3) is 15.9 Å². The zero-order valence-electron chi connectivity index (χ0n) is 15.5. The molecule has 0 bridgehead atoms. The maximum atomic E-state index is 12.6. The molecule has 3 aromatic rings. The lowest BCUT2D eigenvalue weighted by molar-refractivity contribution is 0.102. The van der Waals surface area contributed by atoms with Crippen molar-refractivity contribution in [1.82, 2.24) is 0 Å². The first-order valence-corrected chi connectivity index (χ1v) is 10.0. The van der Waals surface area contributed by atoms with Crippen molar-refractivity contribution in [2.24, 2.45) is 0 Å². The maximum Gasteiger partial charge on any atom is 0.261 e. The smallest absolute Gasteiger partial charge is 0.261 e. The van der Waals surface area contributed by atoms with Crippen LogP contribution in [-0.2, 0) is 10.0 Å². The summed E-state index contributed by atoms with van der Waals surface area (Å²) < 4.78 is 32.9. The number of methoxy groups -OCH3 is 1. The zero-order valence-corrected chi connectivity index (χ0v) is 16.3. The number of hydrogen-bond acceptors (Lipinski definition) is 4. The lowest BCUT2D eigenvalue weighted by Crippen LogP contribution is -2.16. The number of aryl methyl sites for hydroxylation is 1. The van der Waals surface area contributed by atoms with E-state index < -0.39 is 15.9 Å². The van der Waals surface area contributed by atoms with Crippen LogP contribution >= 0.6 is 0 Å². The molecular formula is C21H20N2O4S. The molecule has 0 unspecified atom stereocenters. The molecule has 144 valence electrons. The van der Waals surface area contributed by atoms with Crippen LogP contribution < -0.4 is 14.8 Å². The van der Waals surface area contributed by atoms with Crippen molar-refractivity contribution in [3.05, 3.63) is 83.9 Å². The van der Waals surface area contributed by atoms with Crippen LogP contribution in [0, 0.1) is 6.92 Å². The van der Waals surface area contributed by atoms with Crippen molar-refractivity contribution < 1.29 is 17.9 Å². The quantitative estimate of drug-likeness (QED) is 0.658. The number of amides is 1. The molecule has 3 rings (SSSR count). The standard InChI is InChI=1S/C21H20N2O4S/c1-15-9-11-17(12-10-15)23-28(25,26)20-8-3-5-16(13-20)21(24)22-18-6-4-7-19(14-18)27-2/h3-14,23H,1-2H3,(H,22,24). The number of rotatable bonds is 6. The SMILES string of the molecule is COc1cccc(NC(=O)c2cccc(S(=O)(=O)Nc3ccc(C)cc3)c2)c1. The number of hydrogen-bond donors (Lipinski definition) is 2. The molecule has 0 spiro atoms. The fourth-order valence-electron chi connectivity index (χ4n) is 2.54. The lowest BCUT2D eigenvalue weighted by Gasteiger charge is -2.10. The molecule has 0 saturated carbocycles. The van der Waals surface area contributed by atoms with Gasteiger partial charge in [-0.3, -0.25) is 9.52 Å². The molecule has 2 N–H and O–H groups in total. The van der Waals surface area contributed by atoms with Crippen LogP contribution in [0.25, 0.3) is 0 Å². The van der Waals surface area contributed by atoms with Crippen molar-refractivity contribution in [3.8, 4) is 5.75 Å². The average Bonchev–Trinajstić information content (AvgIpc) is 2.70. The second-order valence-corrected chi connectivity index (χ2v) is 7.87. The second kappa shape index (κ2) is 8.14. The van der Waals surface area contributed by atoms with Crippen LogP contribution in [0.4, 0.5) is 11.4 Å². The Hall–Kier alpha value is -3.32. The molecule has 1 amide bonds. The second-order valence-electron chi connectivity index (χ2n) is 6.19. The molecule has 7 heteroatoms. The first-order chi connectivity index (χ1) is 13.4. The third-order valence-corrected chi connectivity index (χ3v) is 5.42. The summed E-state index contributed by atoms with van der Waals surface area (Å²) in [6.07, 6.45) is 0. The van der Waals surface area contributed by atoms with Crippen molar-refractivity contribution in [3.63, 3.8) is 0 Å². The predicted octanol–water partition coefficient (Wildman–Crippen LogP) is 4.06. The monoisotopic (exact) mass is 396 g/mol. The number of ether oxygens (including phenoxy) is 1. The van der Waals surface area contributed by atoms with Crippen molar-refractivity contribution >= 4 is 27.3 Å². The fourth-order valence-corrected chi connectivity index (χ4v) is 3.65. The third kappa shape index (κ3) is 4.69. The van der Waals surface area contributed by atoms with Gasteiger partial charge < -0.3 is 10.1 Å². The molecule has 0 atom stereocenters. The number of carbonyl (C=O) groups is 1. The van der Waals surface area contributed by atoms with Gasteiger partial charge in [0.2, 0.25) is 0 Å². The Bertz CT molecular complexity index is 1090. The molecule has 0 aliphatic rings. The van der Waals surface area contributed by atoms with Gasteiger partial charge in [0.1, 0.15) is 5.75 Å². The molecule has 6 nitrogen and oxygen atoms in total. The molecule has 0 aliphatic heterocycles. The Morgan fingerprint density at radius 2 is 1.61 bits per heavy atom. The van der Waals surface area contributed by atoms with Crippen LogP contribution in [-0.4, -0.2) is 21.4 Å². The topological polar surface area (TPSA) is 84.5 Å². The molecule has 0 heterocycles. The van der Waals surface area contributed by atoms with Gasteiger partial charge >= 0.3 is 0 Å². The summed E-state index contributed by atoms with van der Waals surface area (Å²) in [5, 5.41) is 2.73. The molecule has 0 fully saturated rings. The highest BCUT2D eigenvalue weighted by molar-refractivity contribution is 7.92. The van der Waals surface area contributed by atoms with Crippen LogP contribution in [0.1, 0.15) is 15.9 Å². The van der Waals surface area contributed by atoms with Gasteiger partial charge in [-0.25, -0.2) is 8.42 Å². The lowest BCUT2D eigenvalue weighted by atomic mass is 10.2. The van der Waals surface area contributed by atoms with Gasteiger partial charge in [0, 0.05) is 23.0 Å². The maximum absolute atomic E-state index is 12.6. The number of nitrogens with one attached hydrogen (secondary N) is 2. The number of anilines is 2. The van der Waals surface area contributed by atoms with E-state index >= 15 is 0 Å². The summed E-state index contributed by atoms with van der Waals surface area (Å²) in [5.41, 5.74) is 2.26. The van der Waals surface area contributed by atoms with Gasteiger partial charge in [-0.05, 0) is 49.4 Å². The van der Waals surface area contributed by atoms with Gasteiger partial charge in [-0.15, -0.1) is 0 Å². The van der Waals surface area contributed by atoms with Gasteiger partial charge in [-0.1, -0.05) is 29.8 Å². The molecule has 28 heavy (non-hydrogen) atoms. The molecule has 0 saturated heterocycles. The normalized spacial score (nSPS) is 10.9. The molecule has 0 aromatic heterocycles. The number of carbonyl (C=O) groups excluding carboxylic acids is 1. The summed E-state index contributed by atoms with van der Waals surface area (Å²) in [6, 6.07) is 19.8. The van der Waals surface area contributed by atoms with E-state index in [1.54, 1.807) is 42.5 Å². The van der Waals surface area contributed by atoms with Crippen molar-refractivity contribution in [1.29, 1.82) is 0 Å². The van der Waals surface area contributed by atoms with E-state index in [2.05, 4.69) is 10.0 Å². The largest absolute Gasteiger partial charge is 0.497 e. The van der Waals surface area contributed by atoms with Crippen LogP contribution in [0.2, 0.25) is 0 Å². The van der Waals surface area contributed by atoms with Crippen LogP contribution in [0.15, 0.2) is 77.7 Å². The minimum absolute atomic E-state index is 0.00590. The van der Waals surface area contributed by atoms with Crippen molar-refractivity contribution in [2.75, 3.05) is 17.1 Å². The Kier molecular flexibility index (Phi) is 5.65. The highest BCUT2D eigenvalue weighted by atomic mass is 32.2. The highest BCUT2D eigenvalue weighted by Gasteiger charge is 2.17. The Morgan fingerprint density at radius 1 is 0.893 bits per heavy atom. The predicted molar refractivity (Wildman–Crippen MR) is 109 cm³/mol. The summed E-state index contributed by atoms with van der Waals surface area (Å²) >= 11 is 0. The number of benzene rings is 3. The van der Waals surface area contributed by atoms with E-state index in [-0.39, 0.29) is 10.5 Å². The molecule has 0 radical (unpaired) electrons.